The summed E-state index contributed by atoms with van der Waals surface area (Å²) in [6.45, 7) is 2.16. The number of carbonyl (C=O) groups excluding carboxylic acids is 1. The maximum atomic E-state index is 11.5. The Morgan fingerprint density at radius 3 is 2.89 bits per heavy atom. The van der Waals surface area contributed by atoms with Crippen LogP contribution < -0.4 is 10.1 Å². The summed E-state index contributed by atoms with van der Waals surface area (Å²) < 4.78 is 10.2. The molecular formula is C13H15ClN2O3. The number of nitriles is 1. The van der Waals surface area contributed by atoms with Crippen LogP contribution in [-0.2, 0) is 9.53 Å². The number of ether oxygens (including phenoxy) is 2. The van der Waals surface area contributed by atoms with E-state index in [0.717, 1.165) is 0 Å². The molecule has 102 valence electrons. The third-order valence-corrected chi connectivity index (χ3v) is 2.57. The number of hydrogen-bond acceptors (Lipinski definition) is 4. The first kappa shape index (κ1) is 15.3. The zero-order valence-corrected chi connectivity index (χ0v) is 11.5. The normalized spacial score (nSPS) is 11.5. The van der Waals surface area contributed by atoms with Crippen molar-refractivity contribution < 1.29 is 14.3 Å². The summed E-state index contributed by atoms with van der Waals surface area (Å²) in [5, 5.41) is 11.7. The summed E-state index contributed by atoms with van der Waals surface area (Å²) in [4.78, 5) is 11.5. The smallest absolute Gasteiger partial charge is 0.258 e. The molecule has 5 nitrogen and oxygen atoms in total. The molecule has 0 radical (unpaired) electrons. The van der Waals surface area contributed by atoms with Crippen molar-refractivity contribution in [3.8, 4) is 11.8 Å². The lowest BCUT2D eigenvalue weighted by Crippen LogP contribution is -2.38. The molecule has 0 aromatic heterocycles. The largest absolute Gasteiger partial charge is 0.484 e. The van der Waals surface area contributed by atoms with Crippen LogP contribution in [0.3, 0.4) is 0 Å². The second-order valence-corrected chi connectivity index (χ2v) is 4.37. The van der Waals surface area contributed by atoms with Crippen LogP contribution in [0.25, 0.3) is 0 Å². The topological polar surface area (TPSA) is 71.3 Å². The number of benzene rings is 1. The van der Waals surface area contributed by atoms with Gasteiger partial charge in [-0.2, -0.15) is 5.26 Å². The van der Waals surface area contributed by atoms with Gasteiger partial charge in [-0.3, -0.25) is 4.79 Å². The van der Waals surface area contributed by atoms with Crippen LogP contribution in [0.15, 0.2) is 18.2 Å². The average molecular weight is 283 g/mol. The monoisotopic (exact) mass is 282 g/mol. The van der Waals surface area contributed by atoms with Crippen molar-refractivity contribution in [3.05, 3.63) is 28.8 Å². The first-order valence-corrected chi connectivity index (χ1v) is 6.05. The minimum absolute atomic E-state index is 0.0781. The zero-order valence-electron chi connectivity index (χ0n) is 10.8. The third kappa shape index (κ3) is 5.16. The van der Waals surface area contributed by atoms with Gasteiger partial charge in [0.1, 0.15) is 11.8 Å². The molecule has 0 aliphatic heterocycles. The van der Waals surface area contributed by atoms with E-state index in [9.17, 15) is 4.79 Å². The fourth-order valence-corrected chi connectivity index (χ4v) is 1.65. The Kier molecular flexibility index (Phi) is 6.13. The van der Waals surface area contributed by atoms with E-state index in [-0.39, 0.29) is 18.6 Å². The van der Waals surface area contributed by atoms with Crippen LogP contribution in [0.4, 0.5) is 0 Å². The first-order valence-electron chi connectivity index (χ1n) is 5.67. The highest BCUT2D eigenvalue weighted by molar-refractivity contribution is 6.31. The molecule has 1 atom stereocenters. The Labute approximate surface area is 117 Å². The summed E-state index contributed by atoms with van der Waals surface area (Å²) in [6, 6.07) is 6.51. The van der Waals surface area contributed by atoms with E-state index in [4.69, 9.17) is 26.3 Å². The molecule has 0 spiro atoms. The summed E-state index contributed by atoms with van der Waals surface area (Å²) >= 11 is 5.85. The number of carbonyl (C=O) groups is 1. The van der Waals surface area contributed by atoms with Gasteiger partial charge in [0.2, 0.25) is 0 Å². The number of rotatable bonds is 6. The molecule has 1 aromatic rings. The van der Waals surface area contributed by atoms with E-state index in [1.165, 1.54) is 6.07 Å². The van der Waals surface area contributed by atoms with Crippen molar-refractivity contribution >= 4 is 17.5 Å². The summed E-state index contributed by atoms with van der Waals surface area (Å²) in [7, 11) is 1.57. The molecule has 19 heavy (non-hydrogen) atoms. The van der Waals surface area contributed by atoms with Crippen LogP contribution in [0.5, 0.6) is 5.75 Å². The van der Waals surface area contributed by atoms with E-state index >= 15 is 0 Å². The molecule has 1 unspecified atom stereocenters. The highest BCUT2D eigenvalue weighted by atomic mass is 35.5. The van der Waals surface area contributed by atoms with Gasteiger partial charge in [-0.1, -0.05) is 11.6 Å². The van der Waals surface area contributed by atoms with Crippen molar-refractivity contribution in [2.24, 2.45) is 0 Å². The van der Waals surface area contributed by atoms with Crippen molar-refractivity contribution in [2.45, 2.75) is 13.0 Å². The lowest BCUT2D eigenvalue weighted by Gasteiger charge is -2.13. The fraction of sp³-hybridized carbons (Fsp3) is 0.385. The fourth-order valence-electron chi connectivity index (χ4n) is 1.43. The lowest BCUT2D eigenvalue weighted by molar-refractivity contribution is -0.124. The Morgan fingerprint density at radius 2 is 2.32 bits per heavy atom. The minimum Gasteiger partial charge on any atom is -0.484 e. The number of nitrogens with zero attached hydrogens (tertiary/aromatic N) is 1. The number of hydrogen-bond donors (Lipinski definition) is 1. The van der Waals surface area contributed by atoms with Gasteiger partial charge in [-0.05, 0) is 19.1 Å². The molecule has 0 aliphatic rings. The third-order valence-electron chi connectivity index (χ3n) is 2.25. The molecule has 0 saturated carbocycles. The van der Waals surface area contributed by atoms with Gasteiger partial charge >= 0.3 is 0 Å². The highest BCUT2D eigenvalue weighted by Crippen LogP contribution is 2.21. The van der Waals surface area contributed by atoms with Gasteiger partial charge in [-0.25, -0.2) is 0 Å². The van der Waals surface area contributed by atoms with Crippen LogP contribution >= 0.6 is 11.6 Å². The molecule has 0 saturated heterocycles. The molecule has 0 heterocycles. The lowest BCUT2D eigenvalue weighted by atomic mass is 10.2. The summed E-state index contributed by atoms with van der Waals surface area (Å²) in [5.74, 6) is 0.198. The molecule has 6 heteroatoms. The Balaban J connectivity index is 2.47. The maximum absolute atomic E-state index is 11.5. The molecule has 1 N–H and O–H groups in total. The Bertz CT molecular complexity index is 485. The van der Waals surface area contributed by atoms with Crippen LogP contribution in [0, 0.1) is 11.3 Å². The van der Waals surface area contributed by atoms with Crippen LogP contribution in [0.2, 0.25) is 5.02 Å². The van der Waals surface area contributed by atoms with Gasteiger partial charge < -0.3 is 14.8 Å². The van der Waals surface area contributed by atoms with E-state index in [1.807, 2.05) is 13.0 Å². The van der Waals surface area contributed by atoms with Crippen molar-refractivity contribution in [1.29, 1.82) is 5.26 Å². The highest BCUT2D eigenvalue weighted by Gasteiger charge is 2.08. The average Bonchev–Trinajstić information content (AvgIpc) is 2.36. The Hall–Kier alpha value is -1.77. The summed E-state index contributed by atoms with van der Waals surface area (Å²) in [5.41, 5.74) is 0.368. The second kappa shape index (κ2) is 7.62. The van der Waals surface area contributed by atoms with Crippen LogP contribution in [-0.4, -0.2) is 32.3 Å². The van der Waals surface area contributed by atoms with E-state index in [1.54, 1.807) is 19.2 Å². The summed E-state index contributed by atoms with van der Waals surface area (Å²) in [6.07, 6.45) is 0. The minimum atomic E-state index is -0.245. The molecule has 1 rings (SSSR count). The molecular weight excluding hydrogens is 268 g/mol. The standard InChI is InChI=1S/C13H15ClN2O3/c1-9(7-18-2)16-13(17)8-19-11-4-3-10(6-15)12(14)5-11/h3-5,9H,7-8H2,1-2H3,(H,16,17). The zero-order chi connectivity index (χ0) is 14.3. The predicted octanol–water partition coefficient (Wildman–Crippen LogP) is 1.74. The van der Waals surface area contributed by atoms with Gasteiger partial charge in [0.05, 0.1) is 17.2 Å². The van der Waals surface area contributed by atoms with E-state index in [0.29, 0.717) is 22.9 Å². The number of nitrogens with one attached hydrogen (secondary N) is 1. The first-order chi connectivity index (χ1) is 9.06. The van der Waals surface area contributed by atoms with Crippen molar-refractivity contribution in [3.63, 3.8) is 0 Å². The van der Waals surface area contributed by atoms with Gasteiger partial charge in [0.25, 0.3) is 5.91 Å². The van der Waals surface area contributed by atoms with E-state index in [2.05, 4.69) is 5.32 Å². The van der Waals surface area contributed by atoms with Gasteiger partial charge in [0.15, 0.2) is 6.61 Å². The van der Waals surface area contributed by atoms with Gasteiger partial charge in [0, 0.05) is 19.2 Å². The molecule has 0 bridgehead atoms. The number of methoxy groups -OCH3 is 1. The maximum Gasteiger partial charge on any atom is 0.258 e. The number of halogens is 1. The van der Waals surface area contributed by atoms with Crippen LogP contribution in [0.1, 0.15) is 12.5 Å². The Morgan fingerprint density at radius 1 is 1.58 bits per heavy atom. The molecule has 0 aliphatic carbocycles. The quantitative estimate of drug-likeness (QED) is 0.863. The number of amides is 1. The van der Waals surface area contributed by atoms with Crippen molar-refractivity contribution in [2.75, 3.05) is 20.3 Å². The van der Waals surface area contributed by atoms with Gasteiger partial charge in [-0.15, -0.1) is 0 Å². The SMILES string of the molecule is COCC(C)NC(=O)COc1ccc(C#N)c(Cl)c1. The molecule has 0 fully saturated rings. The molecule has 1 aromatic carbocycles. The van der Waals surface area contributed by atoms with Crippen molar-refractivity contribution in [1.82, 2.24) is 5.32 Å². The second-order valence-electron chi connectivity index (χ2n) is 3.97. The molecule has 1 amide bonds. The predicted molar refractivity (Wildman–Crippen MR) is 71.1 cm³/mol. The van der Waals surface area contributed by atoms with E-state index < -0.39 is 0 Å².